The Bertz CT molecular complexity index is 1080. The van der Waals surface area contributed by atoms with Crippen LogP contribution in [0.15, 0.2) is 42.5 Å². The lowest BCUT2D eigenvalue weighted by Gasteiger charge is -2.39. The van der Waals surface area contributed by atoms with Gasteiger partial charge in [0.1, 0.15) is 16.9 Å². The van der Waals surface area contributed by atoms with E-state index in [1.807, 2.05) is 0 Å². The van der Waals surface area contributed by atoms with Gasteiger partial charge < -0.3 is 20.1 Å². The highest BCUT2D eigenvalue weighted by atomic mass is 19.4. The van der Waals surface area contributed by atoms with Crippen molar-refractivity contribution in [3.63, 3.8) is 0 Å². The van der Waals surface area contributed by atoms with E-state index < -0.39 is 22.9 Å². The molecule has 0 radical (unpaired) electrons. The van der Waals surface area contributed by atoms with E-state index in [1.54, 1.807) is 0 Å². The summed E-state index contributed by atoms with van der Waals surface area (Å²) >= 11 is 0. The number of para-hydroxylation sites is 1. The highest BCUT2D eigenvalue weighted by Gasteiger charge is 2.60. The second-order valence-electron chi connectivity index (χ2n) is 8.02. The SMILES string of the molecule is COc1cccc(C(c2cc(C)c(O)c(C)c2)(c2cc(C)c(O)c(C)c2)C(F)(F)F)c1O. The number of hydrogen-bond acceptors (Lipinski definition) is 4. The molecule has 0 heterocycles. The van der Waals surface area contributed by atoms with Gasteiger partial charge in [-0.15, -0.1) is 0 Å². The molecule has 3 N–H and O–H groups in total. The van der Waals surface area contributed by atoms with Crippen LogP contribution in [0.3, 0.4) is 0 Å². The van der Waals surface area contributed by atoms with E-state index in [2.05, 4.69) is 0 Å². The smallest absolute Gasteiger partial charge is 0.406 e. The fourth-order valence-corrected chi connectivity index (χ4v) is 4.29. The van der Waals surface area contributed by atoms with E-state index in [4.69, 9.17) is 4.74 Å². The van der Waals surface area contributed by atoms with Crippen LogP contribution in [0.4, 0.5) is 13.2 Å². The zero-order chi connectivity index (χ0) is 24.0. The van der Waals surface area contributed by atoms with Gasteiger partial charge >= 0.3 is 6.18 Å². The molecule has 0 aliphatic rings. The largest absolute Gasteiger partial charge is 0.507 e. The maximum atomic E-state index is 15.3. The lowest BCUT2D eigenvalue weighted by atomic mass is 9.67. The van der Waals surface area contributed by atoms with Crippen molar-refractivity contribution in [2.45, 2.75) is 39.3 Å². The second kappa shape index (κ2) is 7.97. The molecule has 0 aliphatic heterocycles. The van der Waals surface area contributed by atoms with E-state index >= 15 is 13.2 Å². The van der Waals surface area contributed by atoms with Crippen LogP contribution < -0.4 is 4.74 Å². The summed E-state index contributed by atoms with van der Waals surface area (Å²) in [5.74, 6) is -0.940. The summed E-state index contributed by atoms with van der Waals surface area (Å²) in [4.78, 5) is 0. The number of alkyl halides is 3. The lowest BCUT2D eigenvalue weighted by molar-refractivity contribution is -0.166. The van der Waals surface area contributed by atoms with Gasteiger partial charge in [-0.2, -0.15) is 13.2 Å². The topological polar surface area (TPSA) is 69.9 Å². The molecular weight excluding hydrogens is 421 g/mol. The predicted molar refractivity (Wildman–Crippen MR) is 116 cm³/mol. The Morgan fingerprint density at radius 2 is 1.09 bits per heavy atom. The standard InChI is InChI=1S/C25H25F3O4/c1-13-9-17(10-14(2)21(13)29)24(25(26,27)28,18-11-15(3)22(30)16(4)12-18)19-7-6-8-20(32-5)23(19)31/h6-12,29-31H,1-5H3. The number of rotatable bonds is 4. The second-order valence-corrected chi connectivity index (χ2v) is 8.02. The van der Waals surface area contributed by atoms with Gasteiger partial charge in [-0.25, -0.2) is 0 Å². The number of benzene rings is 3. The third kappa shape index (κ3) is 3.42. The van der Waals surface area contributed by atoms with Crippen LogP contribution in [0.1, 0.15) is 38.9 Å². The molecule has 3 rings (SSSR count). The minimum absolute atomic E-state index is 0.0993. The number of hydrogen-bond donors (Lipinski definition) is 3. The van der Waals surface area contributed by atoms with Crippen molar-refractivity contribution in [1.29, 1.82) is 0 Å². The van der Waals surface area contributed by atoms with Gasteiger partial charge in [-0.3, -0.25) is 0 Å². The number of phenols is 3. The summed E-state index contributed by atoms with van der Waals surface area (Å²) < 4.78 is 51.0. The average molecular weight is 446 g/mol. The van der Waals surface area contributed by atoms with E-state index in [9.17, 15) is 15.3 Å². The molecule has 32 heavy (non-hydrogen) atoms. The Hall–Kier alpha value is -3.35. The molecule has 3 aromatic rings. The molecule has 0 spiro atoms. The van der Waals surface area contributed by atoms with E-state index in [0.29, 0.717) is 0 Å². The first kappa shape index (κ1) is 23.3. The Labute approximate surface area is 184 Å². The molecule has 4 nitrogen and oxygen atoms in total. The van der Waals surface area contributed by atoms with Crippen LogP contribution >= 0.6 is 0 Å². The van der Waals surface area contributed by atoms with Gasteiger partial charge in [-0.1, -0.05) is 36.4 Å². The van der Waals surface area contributed by atoms with Crippen molar-refractivity contribution >= 4 is 0 Å². The number of aromatic hydroxyl groups is 3. The first-order valence-electron chi connectivity index (χ1n) is 9.90. The molecule has 7 heteroatoms. The molecule has 0 bridgehead atoms. The summed E-state index contributed by atoms with van der Waals surface area (Å²) in [6.45, 7) is 6.08. The van der Waals surface area contributed by atoms with Gasteiger partial charge in [-0.05, 0) is 67.1 Å². The van der Waals surface area contributed by atoms with Crippen molar-refractivity contribution in [3.05, 3.63) is 81.4 Å². The third-order valence-electron chi connectivity index (χ3n) is 5.90. The van der Waals surface area contributed by atoms with Gasteiger partial charge in [0.2, 0.25) is 0 Å². The summed E-state index contributed by atoms with van der Waals surface area (Å²) in [6, 6.07) is 9.05. The van der Waals surface area contributed by atoms with Crippen LogP contribution in [-0.4, -0.2) is 28.6 Å². The zero-order valence-corrected chi connectivity index (χ0v) is 18.4. The normalized spacial score (nSPS) is 12.1. The van der Waals surface area contributed by atoms with Crippen LogP contribution in [-0.2, 0) is 5.41 Å². The Morgan fingerprint density at radius 1 is 0.688 bits per heavy atom. The van der Waals surface area contributed by atoms with Gasteiger partial charge in [0.05, 0.1) is 7.11 Å². The van der Waals surface area contributed by atoms with E-state index in [1.165, 1.54) is 77.3 Å². The summed E-state index contributed by atoms with van der Waals surface area (Å²) in [5.41, 5.74) is -2.51. The van der Waals surface area contributed by atoms with Crippen LogP contribution in [0.25, 0.3) is 0 Å². The lowest BCUT2D eigenvalue weighted by Crippen LogP contribution is -2.45. The minimum Gasteiger partial charge on any atom is -0.507 e. The fourth-order valence-electron chi connectivity index (χ4n) is 4.29. The summed E-state index contributed by atoms with van der Waals surface area (Å²) in [6.07, 6.45) is -4.91. The van der Waals surface area contributed by atoms with Gasteiger partial charge in [0, 0.05) is 5.56 Å². The molecule has 0 fully saturated rings. The molecule has 0 saturated carbocycles. The Kier molecular flexibility index (Phi) is 5.80. The van der Waals surface area contributed by atoms with Gasteiger partial charge in [0.25, 0.3) is 0 Å². The van der Waals surface area contributed by atoms with Gasteiger partial charge in [0.15, 0.2) is 11.5 Å². The van der Waals surface area contributed by atoms with Crippen molar-refractivity contribution in [1.82, 2.24) is 0 Å². The first-order valence-corrected chi connectivity index (χ1v) is 9.90. The molecule has 0 aliphatic carbocycles. The number of phenolic OH excluding ortho intramolecular Hbond substituents is 3. The average Bonchev–Trinajstić information content (AvgIpc) is 2.70. The maximum absolute atomic E-state index is 15.3. The summed E-state index contributed by atoms with van der Waals surface area (Å²) in [7, 11) is 1.26. The number of ether oxygens (including phenoxy) is 1. The molecule has 3 aromatic carbocycles. The first-order chi connectivity index (χ1) is 14.9. The quantitative estimate of drug-likeness (QED) is 0.434. The predicted octanol–water partition coefficient (Wildman–Crippen LogP) is 5.94. The highest BCUT2D eigenvalue weighted by molar-refractivity contribution is 5.63. The van der Waals surface area contributed by atoms with Crippen molar-refractivity contribution in [3.8, 4) is 23.0 Å². The van der Waals surface area contributed by atoms with Crippen molar-refractivity contribution in [2.24, 2.45) is 0 Å². The minimum atomic E-state index is -4.91. The van der Waals surface area contributed by atoms with Crippen molar-refractivity contribution < 1.29 is 33.2 Å². The number of methoxy groups -OCH3 is 1. The van der Waals surface area contributed by atoms with E-state index in [-0.39, 0.29) is 50.6 Å². The third-order valence-corrected chi connectivity index (χ3v) is 5.90. The Balaban J connectivity index is 2.61. The number of aryl methyl sites for hydroxylation is 4. The molecule has 0 aromatic heterocycles. The molecular formula is C25H25F3O4. The Morgan fingerprint density at radius 3 is 1.44 bits per heavy atom. The molecule has 0 atom stereocenters. The molecule has 170 valence electrons. The molecule has 0 amide bonds. The maximum Gasteiger partial charge on any atom is 0.406 e. The number of halogens is 3. The van der Waals surface area contributed by atoms with E-state index in [0.717, 1.165) is 0 Å². The van der Waals surface area contributed by atoms with Crippen LogP contribution in [0, 0.1) is 27.7 Å². The summed E-state index contributed by atoms with van der Waals surface area (Å²) in [5, 5.41) is 31.3. The van der Waals surface area contributed by atoms with Crippen LogP contribution in [0.2, 0.25) is 0 Å². The van der Waals surface area contributed by atoms with Crippen molar-refractivity contribution in [2.75, 3.05) is 7.11 Å². The van der Waals surface area contributed by atoms with Crippen LogP contribution in [0.5, 0.6) is 23.0 Å². The fraction of sp³-hybridized carbons (Fsp3) is 0.280. The zero-order valence-electron chi connectivity index (χ0n) is 18.4. The highest BCUT2D eigenvalue weighted by Crippen LogP contribution is 2.56. The molecule has 0 saturated heterocycles. The molecule has 0 unspecified atom stereocenters. The monoisotopic (exact) mass is 446 g/mol.